The number of hydrogen-bond acceptors (Lipinski definition) is 4. The zero-order valence-corrected chi connectivity index (χ0v) is 13.7. The number of benzene rings is 2. The minimum absolute atomic E-state index is 0.158. The Hall–Kier alpha value is -3.35. The highest BCUT2D eigenvalue weighted by Gasteiger charge is 2.17. The van der Waals surface area contributed by atoms with Crippen LogP contribution in [0, 0.1) is 0 Å². The van der Waals surface area contributed by atoms with Gasteiger partial charge in [0.2, 0.25) is 5.91 Å². The minimum atomic E-state index is -0.543. The largest absolute Gasteiger partial charge is 0.484 e. The Balaban J connectivity index is 1.68. The zero-order valence-electron chi connectivity index (χ0n) is 13.7. The number of imidazole rings is 1. The third-order valence-corrected chi connectivity index (χ3v) is 3.78. The number of rotatable bonds is 6. The first kappa shape index (κ1) is 16.5. The average Bonchev–Trinajstić information content (AvgIpc) is 3.04. The third kappa shape index (κ3) is 3.77. The van der Waals surface area contributed by atoms with Crippen molar-refractivity contribution < 1.29 is 14.3 Å². The van der Waals surface area contributed by atoms with Crippen LogP contribution in [0.2, 0.25) is 0 Å². The van der Waals surface area contributed by atoms with Crippen molar-refractivity contribution in [2.45, 2.75) is 13.0 Å². The van der Waals surface area contributed by atoms with Crippen LogP contribution >= 0.6 is 0 Å². The quantitative estimate of drug-likeness (QED) is 0.719. The first-order valence-electron chi connectivity index (χ1n) is 7.78. The number of carbonyl (C=O) groups excluding carboxylic acids is 2. The number of para-hydroxylation sites is 2. The van der Waals surface area contributed by atoms with Crippen molar-refractivity contribution in [2.24, 2.45) is 5.73 Å². The monoisotopic (exact) mass is 338 g/mol. The van der Waals surface area contributed by atoms with Gasteiger partial charge in [-0.2, -0.15) is 0 Å². The minimum Gasteiger partial charge on any atom is -0.484 e. The lowest BCUT2D eigenvalue weighted by molar-refractivity contribution is -0.120. The summed E-state index contributed by atoms with van der Waals surface area (Å²) in [5.74, 6) is -0.196. The Bertz CT molecular complexity index is 902. The van der Waals surface area contributed by atoms with E-state index in [-0.39, 0.29) is 12.5 Å². The number of primary amides is 1. The van der Waals surface area contributed by atoms with Crippen LogP contribution in [0.3, 0.4) is 0 Å². The molecule has 1 atom stereocenters. The second-order valence-corrected chi connectivity index (χ2v) is 5.59. The van der Waals surface area contributed by atoms with E-state index in [0.717, 1.165) is 11.0 Å². The van der Waals surface area contributed by atoms with Crippen molar-refractivity contribution in [1.29, 1.82) is 0 Å². The number of nitrogens with two attached hydrogens (primary N) is 1. The molecule has 0 fully saturated rings. The van der Waals surface area contributed by atoms with E-state index in [4.69, 9.17) is 10.5 Å². The molecule has 25 heavy (non-hydrogen) atoms. The maximum Gasteiger partial charge on any atom is 0.255 e. The number of hydrogen-bond donors (Lipinski definition) is 2. The van der Waals surface area contributed by atoms with Gasteiger partial charge in [-0.3, -0.25) is 9.59 Å². The van der Waals surface area contributed by atoms with Gasteiger partial charge >= 0.3 is 0 Å². The number of anilines is 1. The van der Waals surface area contributed by atoms with Crippen molar-refractivity contribution in [3.8, 4) is 5.75 Å². The molecule has 7 heteroatoms. The molecule has 1 aromatic heterocycles. The van der Waals surface area contributed by atoms with E-state index in [1.54, 1.807) is 30.6 Å². The Labute approximate surface area is 144 Å². The van der Waals surface area contributed by atoms with Gasteiger partial charge in [0.1, 0.15) is 11.8 Å². The van der Waals surface area contributed by atoms with Gasteiger partial charge in [-0.25, -0.2) is 4.98 Å². The van der Waals surface area contributed by atoms with Crippen molar-refractivity contribution in [2.75, 3.05) is 11.9 Å². The average molecular weight is 338 g/mol. The number of nitrogens with zero attached hydrogens (tertiary/aromatic N) is 2. The first-order chi connectivity index (χ1) is 12.0. The Morgan fingerprint density at radius 2 is 1.92 bits per heavy atom. The highest BCUT2D eigenvalue weighted by Crippen LogP contribution is 2.20. The number of amides is 2. The summed E-state index contributed by atoms with van der Waals surface area (Å²) in [4.78, 5) is 27.5. The normalized spacial score (nSPS) is 11.9. The van der Waals surface area contributed by atoms with E-state index in [1.807, 2.05) is 35.8 Å². The number of ether oxygens (including phenoxy) is 1. The molecule has 0 aliphatic heterocycles. The summed E-state index contributed by atoms with van der Waals surface area (Å²) in [5, 5.41) is 2.85. The maximum atomic E-state index is 12.5. The van der Waals surface area contributed by atoms with Crippen LogP contribution in [-0.4, -0.2) is 28.0 Å². The van der Waals surface area contributed by atoms with Crippen LogP contribution in [0.4, 0.5) is 5.69 Å². The third-order valence-electron chi connectivity index (χ3n) is 3.78. The molecule has 3 N–H and O–H groups in total. The SMILES string of the molecule is CC(C(=O)Nc1ccc(OCC(N)=O)cc1)n1cnc2ccccc21. The second-order valence-electron chi connectivity index (χ2n) is 5.59. The molecule has 0 aliphatic carbocycles. The fourth-order valence-corrected chi connectivity index (χ4v) is 2.45. The summed E-state index contributed by atoms with van der Waals surface area (Å²) in [6.45, 7) is 1.63. The molecule has 3 aromatic rings. The maximum absolute atomic E-state index is 12.5. The molecule has 0 radical (unpaired) electrons. The van der Waals surface area contributed by atoms with Gasteiger partial charge in [0.05, 0.1) is 17.4 Å². The lowest BCUT2D eigenvalue weighted by Gasteiger charge is -2.15. The van der Waals surface area contributed by atoms with E-state index in [9.17, 15) is 9.59 Å². The van der Waals surface area contributed by atoms with E-state index in [1.165, 1.54) is 0 Å². The molecular formula is C18H18N4O3. The first-order valence-corrected chi connectivity index (χ1v) is 7.78. The summed E-state index contributed by atoms with van der Waals surface area (Å²) >= 11 is 0. The van der Waals surface area contributed by atoms with E-state index in [0.29, 0.717) is 11.4 Å². The standard InChI is InChI=1S/C18H18N4O3/c1-12(22-11-20-15-4-2-3-5-16(15)22)18(24)21-13-6-8-14(9-7-13)25-10-17(19)23/h2-9,11-12H,10H2,1H3,(H2,19,23)(H,21,24). The van der Waals surface area contributed by atoms with Crippen molar-refractivity contribution in [3.05, 3.63) is 54.9 Å². The molecule has 2 amide bonds. The van der Waals surface area contributed by atoms with Gasteiger partial charge in [0.25, 0.3) is 5.91 Å². The molecule has 0 saturated heterocycles. The summed E-state index contributed by atoms with van der Waals surface area (Å²) in [7, 11) is 0. The van der Waals surface area contributed by atoms with Crippen LogP contribution in [0.1, 0.15) is 13.0 Å². The van der Waals surface area contributed by atoms with Gasteiger partial charge in [-0.05, 0) is 43.3 Å². The molecule has 7 nitrogen and oxygen atoms in total. The van der Waals surface area contributed by atoms with Crippen molar-refractivity contribution in [1.82, 2.24) is 9.55 Å². The zero-order chi connectivity index (χ0) is 17.8. The molecule has 2 aromatic carbocycles. The predicted molar refractivity (Wildman–Crippen MR) is 94.2 cm³/mol. The highest BCUT2D eigenvalue weighted by molar-refractivity contribution is 5.94. The Kier molecular flexibility index (Phi) is 4.65. The fraction of sp³-hybridized carbons (Fsp3) is 0.167. The van der Waals surface area contributed by atoms with Crippen LogP contribution in [-0.2, 0) is 9.59 Å². The van der Waals surface area contributed by atoms with E-state index >= 15 is 0 Å². The van der Waals surface area contributed by atoms with Gasteiger partial charge in [0, 0.05) is 5.69 Å². The lowest BCUT2D eigenvalue weighted by atomic mass is 10.2. The lowest BCUT2D eigenvalue weighted by Crippen LogP contribution is -2.23. The highest BCUT2D eigenvalue weighted by atomic mass is 16.5. The van der Waals surface area contributed by atoms with Gasteiger partial charge in [-0.1, -0.05) is 12.1 Å². The molecule has 0 spiro atoms. The summed E-state index contributed by atoms with van der Waals surface area (Å²) in [6, 6.07) is 14.0. The van der Waals surface area contributed by atoms with Crippen LogP contribution in [0.25, 0.3) is 11.0 Å². The molecule has 1 unspecified atom stereocenters. The number of fused-ring (bicyclic) bond motifs is 1. The summed E-state index contributed by atoms with van der Waals surface area (Å²) in [5.41, 5.74) is 7.41. The molecule has 3 rings (SSSR count). The second kappa shape index (κ2) is 7.04. The summed E-state index contributed by atoms with van der Waals surface area (Å²) in [6.07, 6.45) is 1.66. The van der Waals surface area contributed by atoms with Crippen LogP contribution < -0.4 is 15.8 Å². The molecule has 0 bridgehead atoms. The molecular weight excluding hydrogens is 320 g/mol. The van der Waals surface area contributed by atoms with Gasteiger partial charge in [0.15, 0.2) is 6.61 Å². The molecule has 0 saturated carbocycles. The summed E-state index contributed by atoms with van der Waals surface area (Å²) < 4.78 is 7.01. The topological polar surface area (TPSA) is 99.2 Å². The van der Waals surface area contributed by atoms with Crippen molar-refractivity contribution >= 4 is 28.5 Å². The number of nitrogens with one attached hydrogen (secondary N) is 1. The molecule has 0 aliphatic rings. The van der Waals surface area contributed by atoms with Crippen LogP contribution in [0.15, 0.2) is 54.9 Å². The molecule has 1 heterocycles. The van der Waals surface area contributed by atoms with Gasteiger partial charge < -0.3 is 20.4 Å². The van der Waals surface area contributed by atoms with E-state index < -0.39 is 11.9 Å². The van der Waals surface area contributed by atoms with Crippen LogP contribution in [0.5, 0.6) is 5.75 Å². The number of aromatic nitrogens is 2. The van der Waals surface area contributed by atoms with Crippen molar-refractivity contribution in [3.63, 3.8) is 0 Å². The van der Waals surface area contributed by atoms with Gasteiger partial charge in [-0.15, -0.1) is 0 Å². The smallest absolute Gasteiger partial charge is 0.255 e. The Morgan fingerprint density at radius 3 is 2.64 bits per heavy atom. The van der Waals surface area contributed by atoms with E-state index in [2.05, 4.69) is 10.3 Å². The Morgan fingerprint density at radius 1 is 1.20 bits per heavy atom. The molecule has 128 valence electrons. The number of carbonyl (C=O) groups is 2. The fourth-order valence-electron chi connectivity index (χ4n) is 2.45. The predicted octanol–water partition coefficient (Wildman–Crippen LogP) is 2.10.